The van der Waals surface area contributed by atoms with Gasteiger partial charge in [-0.25, -0.2) is 13.1 Å². The summed E-state index contributed by atoms with van der Waals surface area (Å²) in [6.07, 6.45) is 0. The van der Waals surface area contributed by atoms with Gasteiger partial charge in [-0.1, -0.05) is 0 Å². The molecule has 0 aliphatic rings. The van der Waals surface area contributed by atoms with E-state index in [-0.39, 0.29) is 22.4 Å². The third-order valence-corrected chi connectivity index (χ3v) is 3.83. The molecule has 0 bridgehead atoms. The fourth-order valence-electron chi connectivity index (χ4n) is 1.49. The molecule has 106 valence electrons. The first-order chi connectivity index (χ1) is 8.81. The van der Waals surface area contributed by atoms with E-state index in [9.17, 15) is 13.2 Å². The molecule has 0 aromatic heterocycles. The maximum atomic E-state index is 12.0. The number of ether oxygens (including phenoxy) is 1. The van der Waals surface area contributed by atoms with Crippen molar-refractivity contribution in [3.8, 4) is 5.75 Å². The Bertz CT molecular complexity index is 567. The molecule has 0 saturated heterocycles. The molecule has 0 aliphatic carbocycles. The molecule has 1 aromatic carbocycles. The van der Waals surface area contributed by atoms with Crippen LogP contribution in [0.1, 0.15) is 24.2 Å². The van der Waals surface area contributed by atoms with Gasteiger partial charge in [-0.15, -0.1) is 0 Å². The lowest BCUT2D eigenvalue weighted by Crippen LogP contribution is -2.30. The number of carbonyl (C=O) groups excluding carboxylic acids is 1. The van der Waals surface area contributed by atoms with E-state index in [0.717, 1.165) is 0 Å². The van der Waals surface area contributed by atoms with Gasteiger partial charge in [-0.2, -0.15) is 0 Å². The SMILES string of the molecule is CNS(=O)(=O)c1ccc(OC)c(C(=O)NC(C)C)c1. The van der Waals surface area contributed by atoms with Gasteiger partial charge >= 0.3 is 0 Å². The molecule has 0 radical (unpaired) electrons. The van der Waals surface area contributed by atoms with Crippen LogP contribution in [-0.4, -0.2) is 34.5 Å². The highest BCUT2D eigenvalue weighted by molar-refractivity contribution is 7.89. The first-order valence-corrected chi connectivity index (χ1v) is 7.22. The molecule has 0 heterocycles. The molecule has 2 N–H and O–H groups in total. The number of sulfonamides is 1. The van der Waals surface area contributed by atoms with E-state index in [1.807, 2.05) is 13.8 Å². The number of hydrogen-bond acceptors (Lipinski definition) is 4. The highest BCUT2D eigenvalue weighted by atomic mass is 32.2. The summed E-state index contributed by atoms with van der Waals surface area (Å²) in [4.78, 5) is 12.0. The van der Waals surface area contributed by atoms with Crippen LogP contribution in [0.3, 0.4) is 0 Å². The van der Waals surface area contributed by atoms with E-state index >= 15 is 0 Å². The van der Waals surface area contributed by atoms with Crippen molar-refractivity contribution in [3.05, 3.63) is 23.8 Å². The number of methoxy groups -OCH3 is 1. The third kappa shape index (κ3) is 3.68. The van der Waals surface area contributed by atoms with Gasteiger partial charge in [-0.3, -0.25) is 4.79 Å². The van der Waals surface area contributed by atoms with Crippen molar-refractivity contribution in [3.63, 3.8) is 0 Å². The Morgan fingerprint density at radius 2 is 1.95 bits per heavy atom. The maximum Gasteiger partial charge on any atom is 0.255 e. The Balaban J connectivity index is 3.28. The van der Waals surface area contributed by atoms with Gasteiger partial charge in [0.15, 0.2) is 0 Å². The van der Waals surface area contributed by atoms with Crippen molar-refractivity contribution in [1.29, 1.82) is 0 Å². The number of amides is 1. The maximum absolute atomic E-state index is 12.0. The number of carbonyl (C=O) groups is 1. The summed E-state index contributed by atoms with van der Waals surface area (Å²) in [6, 6.07) is 4.08. The summed E-state index contributed by atoms with van der Waals surface area (Å²) in [5.74, 6) is -0.0480. The van der Waals surface area contributed by atoms with Crippen LogP contribution >= 0.6 is 0 Å². The molecule has 0 aliphatic heterocycles. The van der Waals surface area contributed by atoms with Gasteiger partial charge < -0.3 is 10.1 Å². The van der Waals surface area contributed by atoms with Crippen molar-refractivity contribution >= 4 is 15.9 Å². The monoisotopic (exact) mass is 286 g/mol. The Morgan fingerprint density at radius 3 is 2.42 bits per heavy atom. The Morgan fingerprint density at radius 1 is 1.32 bits per heavy atom. The molecular formula is C12H18N2O4S. The van der Waals surface area contributed by atoms with Crippen LogP contribution < -0.4 is 14.8 Å². The molecule has 6 nitrogen and oxygen atoms in total. The summed E-state index contributed by atoms with van der Waals surface area (Å²) >= 11 is 0. The first kappa shape index (κ1) is 15.5. The second kappa shape index (κ2) is 6.03. The second-order valence-corrected chi connectivity index (χ2v) is 6.08. The largest absolute Gasteiger partial charge is 0.496 e. The predicted molar refractivity (Wildman–Crippen MR) is 71.8 cm³/mol. The van der Waals surface area contributed by atoms with E-state index in [1.54, 1.807) is 0 Å². The smallest absolute Gasteiger partial charge is 0.255 e. The van der Waals surface area contributed by atoms with Gasteiger partial charge in [0.2, 0.25) is 10.0 Å². The molecule has 0 spiro atoms. The van der Waals surface area contributed by atoms with Crippen molar-refractivity contribution in [2.75, 3.05) is 14.2 Å². The van der Waals surface area contributed by atoms with Crippen LogP contribution in [0.5, 0.6) is 5.75 Å². The van der Waals surface area contributed by atoms with Crippen LogP contribution in [0.4, 0.5) is 0 Å². The average Bonchev–Trinajstić information content (AvgIpc) is 2.37. The Hall–Kier alpha value is -1.60. The lowest BCUT2D eigenvalue weighted by molar-refractivity contribution is 0.0940. The number of benzene rings is 1. The zero-order valence-corrected chi connectivity index (χ0v) is 12.2. The lowest BCUT2D eigenvalue weighted by Gasteiger charge is -2.13. The Kier molecular flexibility index (Phi) is 4.90. The normalized spacial score (nSPS) is 11.4. The van der Waals surface area contributed by atoms with Gasteiger partial charge in [0, 0.05) is 6.04 Å². The average molecular weight is 286 g/mol. The lowest BCUT2D eigenvalue weighted by atomic mass is 10.2. The summed E-state index contributed by atoms with van der Waals surface area (Å²) in [5.41, 5.74) is 0.188. The van der Waals surface area contributed by atoms with Crippen molar-refractivity contribution < 1.29 is 17.9 Å². The fraction of sp³-hybridized carbons (Fsp3) is 0.417. The third-order valence-electron chi connectivity index (χ3n) is 2.41. The molecule has 1 amide bonds. The van der Waals surface area contributed by atoms with Crippen molar-refractivity contribution in [2.24, 2.45) is 0 Å². The zero-order chi connectivity index (χ0) is 14.6. The van der Waals surface area contributed by atoms with Crippen LogP contribution in [0, 0.1) is 0 Å². The van der Waals surface area contributed by atoms with Gasteiger partial charge in [0.05, 0.1) is 17.6 Å². The molecule has 0 saturated carbocycles. The van der Waals surface area contributed by atoms with Crippen LogP contribution in [-0.2, 0) is 10.0 Å². The molecule has 19 heavy (non-hydrogen) atoms. The standard InChI is InChI=1S/C12H18N2O4S/c1-8(2)14-12(15)10-7-9(19(16,17)13-3)5-6-11(10)18-4/h5-8,13H,1-4H3,(H,14,15). The molecule has 1 aromatic rings. The molecule has 0 atom stereocenters. The van der Waals surface area contributed by atoms with E-state index in [4.69, 9.17) is 4.74 Å². The van der Waals surface area contributed by atoms with Crippen molar-refractivity contribution in [1.82, 2.24) is 10.0 Å². The molecule has 7 heteroatoms. The molecule has 1 rings (SSSR count). The highest BCUT2D eigenvalue weighted by Gasteiger charge is 2.18. The molecule has 0 fully saturated rings. The highest BCUT2D eigenvalue weighted by Crippen LogP contribution is 2.22. The predicted octanol–water partition coefficient (Wildman–Crippen LogP) is 0.741. The topological polar surface area (TPSA) is 84.5 Å². The summed E-state index contributed by atoms with van der Waals surface area (Å²) in [6.45, 7) is 3.64. The molecular weight excluding hydrogens is 268 g/mol. The number of rotatable bonds is 5. The van der Waals surface area contributed by atoms with Gasteiger partial charge in [0.1, 0.15) is 5.75 Å². The van der Waals surface area contributed by atoms with Gasteiger partial charge in [-0.05, 0) is 39.1 Å². The second-order valence-electron chi connectivity index (χ2n) is 4.20. The zero-order valence-electron chi connectivity index (χ0n) is 11.4. The van der Waals surface area contributed by atoms with Crippen molar-refractivity contribution in [2.45, 2.75) is 24.8 Å². The van der Waals surface area contributed by atoms with Crippen LogP contribution in [0.15, 0.2) is 23.1 Å². The number of hydrogen-bond donors (Lipinski definition) is 2. The van der Waals surface area contributed by atoms with E-state index in [1.165, 1.54) is 32.4 Å². The summed E-state index contributed by atoms with van der Waals surface area (Å²) in [7, 11) is -0.856. The minimum Gasteiger partial charge on any atom is -0.496 e. The minimum atomic E-state index is -3.59. The fourth-order valence-corrected chi connectivity index (χ4v) is 2.25. The Labute approximate surface area is 113 Å². The first-order valence-electron chi connectivity index (χ1n) is 5.74. The van der Waals surface area contributed by atoms with E-state index in [0.29, 0.717) is 5.75 Å². The van der Waals surface area contributed by atoms with Gasteiger partial charge in [0.25, 0.3) is 5.91 Å². The van der Waals surface area contributed by atoms with E-state index < -0.39 is 10.0 Å². The summed E-state index contributed by atoms with van der Waals surface area (Å²) in [5, 5.41) is 2.70. The van der Waals surface area contributed by atoms with Crippen LogP contribution in [0.25, 0.3) is 0 Å². The van der Waals surface area contributed by atoms with Crippen LogP contribution in [0.2, 0.25) is 0 Å². The molecule has 0 unspecified atom stereocenters. The quantitative estimate of drug-likeness (QED) is 0.836. The minimum absolute atomic E-state index is 0.0182. The van der Waals surface area contributed by atoms with E-state index in [2.05, 4.69) is 10.0 Å². The summed E-state index contributed by atoms with van der Waals surface area (Å²) < 4.78 is 30.7. The number of nitrogens with one attached hydrogen (secondary N) is 2.